The molecule has 1 N–H and O–H groups in total. The molecule has 0 aliphatic carbocycles. The monoisotopic (exact) mass is 495 g/mol. The maximum absolute atomic E-state index is 13.0. The first kappa shape index (κ1) is 24.8. The molecule has 0 radical (unpaired) electrons. The zero-order valence-electron chi connectivity index (χ0n) is 20.0. The minimum atomic E-state index is -0.425. The molecule has 2 unspecified atom stereocenters. The van der Waals surface area contributed by atoms with Gasteiger partial charge in [-0.1, -0.05) is 18.2 Å². The number of nitrogens with zero attached hydrogens (tertiary/aromatic N) is 2. The number of ether oxygens (including phenoxy) is 2. The summed E-state index contributed by atoms with van der Waals surface area (Å²) in [5.41, 5.74) is 1.98. The molecular weight excluding hydrogens is 466 g/mol. The van der Waals surface area contributed by atoms with Crippen molar-refractivity contribution in [1.82, 2.24) is 9.47 Å². The van der Waals surface area contributed by atoms with E-state index in [-0.39, 0.29) is 36.3 Å². The van der Waals surface area contributed by atoms with Crippen LogP contribution in [0.25, 0.3) is 10.9 Å². The Kier molecular flexibility index (Phi) is 7.77. The number of fused-ring (bicyclic) bond motifs is 1. The van der Waals surface area contributed by atoms with Crippen LogP contribution < -0.4 is 5.32 Å². The predicted octanol–water partition coefficient (Wildman–Crippen LogP) is 3.79. The number of carbonyl (C=O) groups is 3. The second-order valence-electron chi connectivity index (χ2n) is 8.60. The van der Waals surface area contributed by atoms with E-state index in [0.717, 1.165) is 15.8 Å². The number of anilines is 1. The van der Waals surface area contributed by atoms with Gasteiger partial charge >= 0.3 is 5.97 Å². The van der Waals surface area contributed by atoms with Gasteiger partial charge < -0.3 is 24.3 Å². The van der Waals surface area contributed by atoms with Crippen molar-refractivity contribution in [3.8, 4) is 0 Å². The molecule has 2 amide bonds. The van der Waals surface area contributed by atoms with Crippen molar-refractivity contribution in [2.45, 2.75) is 37.5 Å². The molecule has 1 saturated heterocycles. The highest BCUT2D eigenvalue weighted by molar-refractivity contribution is 8.00. The van der Waals surface area contributed by atoms with Crippen molar-refractivity contribution in [2.24, 2.45) is 0 Å². The summed E-state index contributed by atoms with van der Waals surface area (Å²) >= 11 is 1.42. The van der Waals surface area contributed by atoms with Crippen molar-refractivity contribution in [3.05, 3.63) is 60.3 Å². The summed E-state index contributed by atoms with van der Waals surface area (Å²) in [6, 6.07) is 14.4. The average molecular weight is 496 g/mol. The summed E-state index contributed by atoms with van der Waals surface area (Å²) in [4.78, 5) is 39.9. The Hall–Kier alpha value is -3.30. The van der Waals surface area contributed by atoms with E-state index in [4.69, 9.17) is 4.74 Å². The molecule has 1 aliphatic heterocycles. The molecule has 35 heavy (non-hydrogen) atoms. The molecule has 2 aromatic carbocycles. The van der Waals surface area contributed by atoms with Crippen LogP contribution >= 0.6 is 11.8 Å². The number of rotatable bonds is 7. The predicted molar refractivity (Wildman–Crippen MR) is 136 cm³/mol. The average Bonchev–Trinajstić information content (AvgIpc) is 3.19. The number of methoxy groups -OCH3 is 1. The lowest BCUT2D eigenvalue weighted by Gasteiger charge is -2.35. The molecule has 0 bridgehead atoms. The number of para-hydroxylation sites is 1. The summed E-state index contributed by atoms with van der Waals surface area (Å²) < 4.78 is 12.4. The van der Waals surface area contributed by atoms with Gasteiger partial charge in [0.15, 0.2) is 0 Å². The minimum absolute atomic E-state index is 0.0189. The summed E-state index contributed by atoms with van der Waals surface area (Å²) in [5.74, 6) is -0.326. The Morgan fingerprint density at radius 3 is 2.43 bits per heavy atom. The van der Waals surface area contributed by atoms with Crippen LogP contribution in [0.5, 0.6) is 0 Å². The van der Waals surface area contributed by atoms with Crippen molar-refractivity contribution < 1.29 is 23.9 Å². The SMILES string of the molecule is COC(=O)c1ccc(NC(=O)CSc2cn(CC(=O)N3CC(C)OC(C)C3)c3ccccc23)cc1. The van der Waals surface area contributed by atoms with Gasteiger partial charge in [-0.05, 0) is 44.2 Å². The number of morpholine rings is 1. The second kappa shape index (κ2) is 11.0. The van der Waals surface area contributed by atoms with Crippen LogP contribution in [0.15, 0.2) is 59.6 Å². The summed E-state index contributed by atoms with van der Waals surface area (Å²) in [6.45, 7) is 5.37. The first-order valence-electron chi connectivity index (χ1n) is 11.5. The van der Waals surface area contributed by atoms with Gasteiger partial charge in [0.05, 0.1) is 30.6 Å². The molecule has 3 aromatic rings. The number of carbonyl (C=O) groups excluding carboxylic acids is 3. The third-order valence-electron chi connectivity index (χ3n) is 5.78. The molecule has 1 aromatic heterocycles. The Morgan fingerprint density at radius 2 is 1.74 bits per heavy atom. The Balaban J connectivity index is 1.41. The zero-order chi connectivity index (χ0) is 24.9. The minimum Gasteiger partial charge on any atom is -0.465 e. The summed E-state index contributed by atoms with van der Waals surface area (Å²) in [7, 11) is 1.33. The van der Waals surface area contributed by atoms with Crippen molar-refractivity contribution in [1.29, 1.82) is 0 Å². The molecule has 8 nitrogen and oxygen atoms in total. The molecule has 0 spiro atoms. The number of thioether (sulfide) groups is 1. The third kappa shape index (κ3) is 6.04. The van der Waals surface area contributed by atoms with Crippen LogP contribution in [-0.4, -0.2) is 65.4 Å². The lowest BCUT2D eigenvalue weighted by atomic mass is 10.2. The number of nitrogens with one attached hydrogen (secondary N) is 1. The number of aromatic nitrogens is 1. The molecule has 2 heterocycles. The second-order valence-corrected chi connectivity index (χ2v) is 9.62. The lowest BCUT2D eigenvalue weighted by Crippen LogP contribution is -2.49. The van der Waals surface area contributed by atoms with Crippen LogP contribution in [0.4, 0.5) is 5.69 Å². The standard InChI is InChI=1S/C26H29N3O5S/c1-17-12-29(13-18(2)34-17)25(31)15-28-14-23(21-6-4-5-7-22(21)28)35-16-24(30)27-20-10-8-19(9-11-20)26(32)33-3/h4-11,14,17-18H,12-13,15-16H2,1-3H3,(H,27,30). The molecule has 184 valence electrons. The van der Waals surface area contributed by atoms with Gasteiger partial charge in [0, 0.05) is 40.8 Å². The molecule has 9 heteroatoms. The highest BCUT2D eigenvalue weighted by atomic mass is 32.2. The molecule has 1 fully saturated rings. The maximum Gasteiger partial charge on any atom is 0.337 e. The Morgan fingerprint density at radius 1 is 1.06 bits per heavy atom. The van der Waals surface area contributed by atoms with Crippen LogP contribution in [-0.2, 0) is 25.6 Å². The number of hydrogen-bond donors (Lipinski definition) is 1. The maximum atomic E-state index is 13.0. The topological polar surface area (TPSA) is 89.9 Å². The molecular formula is C26H29N3O5S. The first-order valence-corrected chi connectivity index (χ1v) is 12.4. The van der Waals surface area contributed by atoms with Crippen LogP contribution in [0, 0.1) is 0 Å². The fourth-order valence-corrected chi connectivity index (χ4v) is 5.12. The van der Waals surface area contributed by atoms with Gasteiger partial charge in [0.2, 0.25) is 11.8 Å². The van der Waals surface area contributed by atoms with Crippen LogP contribution in [0.3, 0.4) is 0 Å². The third-order valence-corrected chi connectivity index (χ3v) is 6.82. The van der Waals surface area contributed by atoms with E-state index in [2.05, 4.69) is 10.1 Å². The summed E-state index contributed by atoms with van der Waals surface area (Å²) in [5, 5.41) is 3.85. The largest absolute Gasteiger partial charge is 0.465 e. The number of amides is 2. The lowest BCUT2D eigenvalue weighted by molar-refractivity contribution is -0.143. The van der Waals surface area contributed by atoms with Gasteiger partial charge in [0.25, 0.3) is 0 Å². The van der Waals surface area contributed by atoms with Gasteiger partial charge in [-0.3, -0.25) is 9.59 Å². The van der Waals surface area contributed by atoms with Crippen LogP contribution in [0.1, 0.15) is 24.2 Å². The van der Waals surface area contributed by atoms with E-state index >= 15 is 0 Å². The molecule has 0 saturated carbocycles. The van der Waals surface area contributed by atoms with E-state index in [9.17, 15) is 14.4 Å². The number of esters is 1. The highest BCUT2D eigenvalue weighted by Crippen LogP contribution is 2.30. The van der Waals surface area contributed by atoms with Crippen molar-refractivity contribution >= 4 is 46.1 Å². The van der Waals surface area contributed by atoms with Crippen molar-refractivity contribution in [3.63, 3.8) is 0 Å². The smallest absolute Gasteiger partial charge is 0.337 e. The number of benzene rings is 2. The van der Waals surface area contributed by atoms with E-state index in [1.807, 2.05) is 53.8 Å². The van der Waals surface area contributed by atoms with Gasteiger partial charge in [-0.2, -0.15) is 0 Å². The molecule has 1 aliphatic rings. The molecule has 2 atom stereocenters. The zero-order valence-corrected chi connectivity index (χ0v) is 20.8. The molecule has 4 rings (SSSR count). The van der Waals surface area contributed by atoms with Gasteiger partial charge in [-0.15, -0.1) is 11.8 Å². The van der Waals surface area contributed by atoms with E-state index in [1.54, 1.807) is 24.3 Å². The highest BCUT2D eigenvalue weighted by Gasteiger charge is 2.26. The fourth-order valence-electron chi connectivity index (χ4n) is 4.23. The van der Waals surface area contributed by atoms with Crippen LogP contribution in [0.2, 0.25) is 0 Å². The van der Waals surface area contributed by atoms with E-state index in [1.165, 1.54) is 18.9 Å². The van der Waals surface area contributed by atoms with Crippen molar-refractivity contribution in [2.75, 3.05) is 31.3 Å². The van der Waals surface area contributed by atoms with Gasteiger partial charge in [-0.25, -0.2) is 4.79 Å². The van der Waals surface area contributed by atoms with E-state index < -0.39 is 5.97 Å². The fraction of sp³-hybridized carbons (Fsp3) is 0.346. The first-order chi connectivity index (χ1) is 16.8. The quantitative estimate of drug-likeness (QED) is 0.396. The summed E-state index contributed by atoms with van der Waals surface area (Å²) in [6.07, 6.45) is 1.98. The van der Waals surface area contributed by atoms with Gasteiger partial charge in [0.1, 0.15) is 6.54 Å². The Labute approximate surface area is 208 Å². The van der Waals surface area contributed by atoms with E-state index in [0.29, 0.717) is 24.3 Å². The normalized spacial score (nSPS) is 17.9. The Bertz CT molecular complexity index is 1210. The number of hydrogen-bond acceptors (Lipinski definition) is 6.